The van der Waals surface area contributed by atoms with Crippen LogP contribution in [0.2, 0.25) is 5.02 Å². The van der Waals surface area contributed by atoms with Crippen LogP contribution < -0.4 is 9.62 Å². The van der Waals surface area contributed by atoms with Gasteiger partial charge in [-0.05, 0) is 67.8 Å². The van der Waals surface area contributed by atoms with E-state index >= 15 is 0 Å². The van der Waals surface area contributed by atoms with Gasteiger partial charge in [0, 0.05) is 22.6 Å². The summed E-state index contributed by atoms with van der Waals surface area (Å²) in [5.74, 6) is -0.767. The number of sulfonamides is 1. The predicted molar refractivity (Wildman–Crippen MR) is 164 cm³/mol. The molecule has 0 spiro atoms. The van der Waals surface area contributed by atoms with Crippen LogP contribution in [0, 0.1) is 6.92 Å². The van der Waals surface area contributed by atoms with Crippen LogP contribution in [0.25, 0.3) is 0 Å². The Balaban J connectivity index is 2.03. The summed E-state index contributed by atoms with van der Waals surface area (Å²) in [7, 11) is -4.12. The molecule has 0 radical (unpaired) electrons. The lowest BCUT2D eigenvalue weighted by Gasteiger charge is -2.33. The van der Waals surface area contributed by atoms with E-state index in [1.807, 2.05) is 20.8 Å². The average molecular weight is 649 g/mol. The Kier molecular flexibility index (Phi) is 11.6. The van der Waals surface area contributed by atoms with Crippen LogP contribution in [0.3, 0.4) is 0 Å². The molecule has 40 heavy (non-hydrogen) atoms. The molecule has 0 aliphatic heterocycles. The lowest BCUT2D eigenvalue weighted by Crippen LogP contribution is -2.52. The van der Waals surface area contributed by atoms with Crippen LogP contribution in [0.1, 0.15) is 44.2 Å². The second-order valence-corrected chi connectivity index (χ2v) is 12.7. The highest BCUT2D eigenvalue weighted by Gasteiger charge is 2.33. The summed E-state index contributed by atoms with van der Waals surface area (Å²) in [5, 5.41) is 3.48. The first-order valence-electron chi connectivity index (χ1n) is 13.2. The quantitative estimate of drug-likeness (QED) is 0.220. The normalized spacial score (nSPS) is 12.0. The fraction of sp³-hybridized carbons (Fsp3) is 0.333. The molecule has 0 aromatic heterocycles. The molecule has 0 saturated carbocycles. The first-order chi connectivity index (χ1) is 19.1. The smallest absolute Gasteiger partial charge is 0.264 e. The number of rotatable bonds is 13. The third-order valence-electron chi connectivity index (χ3n) is 6.47. The first kappa shape index (κ1) is 31.6. The van der Waals surface area contributed by atoms with Crippen molar-refractivity contribution in [1.82, 2.24) is 10.2 Å². The zero-order chi connectivity index (χ0) is 29.3. The van der Waals surface area contributed by atoms with E-state index in [2.05, 4.69) is 21.2 Å². The number of unbranched alkanes of at least 4 members (excludes halogenated alkanes) is 1. The van der Waals surface area contributed by atoms with E-state index in [0.717, 1.165) is 28.3 Å². The molecular formula is C30H35BrClN3O4S. The van der Waals surface area contributed by atoms with E-state index in [1.165, 1.54) is 17.0 Å². The maximum absolute atomic E-state index is 14.1. The Morgan fingerprint density at radius 3 is 2.27 bits per heavy atom. The van der Waals surface area contributed by atoms with E-state index < -0.39 is 28.5 Å². The molecule has 7 nitrogen and oxygen atoms in total. The molecule has 0 unspecified atom stereocenters. The topological polar surface area (TPSA) is 86.8 Å². The number of benzene rings is 3. The molecule has 2 amide bonds. The molecule has 1 atom stereocenters. The fourth-order valence-electron chi connectivity index (χ4n) is 4.21. The summed E-state index contributed by atoms with van der Waals surface area (Å²) >= 11 is 9.48. The van der Waals surface area contributed by atoms with Crippen LogP contribution in [0.4, 0.5) is 5.69 Å². The molecule has 0 fully saturated rings. The molecule has 0 aliphatic carbocycles. The van der Waals surface area contributed by atoms with Crippen LogP contribution >= 0.6 is 27.5 Å². The maximum Gasteiger partial charge on any atom is 0.264 e. The summed E-state index contributed by atoms with van der Waals surface area (Å²) in [4.78, 5) is 28.8. The van der Waals surface area contributed by atoms with Gasteiger partial charge in [-0.3, -0.25) is 13.9 Å². The standard InChI is InChI=1S/C30H35BrClN3O4S/c1-4-6-18-33-30(37)28(5-2)34(20-23-12-14-25(32)15-13-23)29(36)21-35(26-9-7-8-24(31)19-26)40(38,39)27-16-10-22(3)11-17-27/h7-17,19,28H,4-6,18,20-21H2,1-3H3,(H,33,37)/t28-/m0/s1. The molecule has 10 heteroatoms. The van der Waals surface area contributed by atoms with Crippen molar-refractivity contribution >= 4 is 55.1 Å². The minimum atomic E-state index is -4.12. The molecule has 214 valence electrons. The molecule has 0 bridgehead atoms. The van der Waals surface area contributed by atoms with Crippen molar-refractivity contribution in [2.75, 3.05) is 17.4 Å². The molecule has 3 aromatic carbocycles. The second kappa shape index (κ2) is 14.7. The molecule has 3 aromatic rings. The number of carbonyl (C=O) groups is 2. The van der Waals surface area contributed by atoms with Gasteiger partial charge in [0.2, 0.25) is 11.8 Å². The number of anilines is 1. The van der Waals surface area contributed by atoms with E-state index in [4.69, 9.17) is 11.6 Å². The number of hydrogen-bond donors (Lipinski definition) is 1. The highest BCUT2D eigenvalue weighted by molar-refractivity contribution is 9.10. The highest BCUT2D eigenvalue weighted by Crippen LogP contribution is 2.27. The van der Waals surface area contributed by atoms with Gasteiger partial charge in [0.05, 0.1) is 10.6 Å². The van der Waals surface area contributed by atoms with Crippen molar-refractivity contribution in [3.05, 3.63) is 93.4 Å². The van der Waals surface area contributed by atoms with Gasteiger partial charge in [0.15, 0.2) is 0 Å². The van der Waals surface area contributed by atoms with Gasteiger partial charge in [0.25, 0.3) is 10.0 Å². The van der Waals surface area contributed by atoms with E-state index in [1.54, 1.807) is 60.7 Å². The Hall–Kier alpha value is -2.88. The number of nitrogens with one attached hydrogen (secondary N) is 1. The maximum atomic E-state index is 14.1. The molecule has 0 saturated heterocycles. The van der Waals surface area contributed by atoms with Gasteiger partial charge in [-0.2, -0.15) is 0 Å². The lowest BCUT2D eigenvalue weighted by atomic mass is 10.1. The summed E-state index contributed by atoms with van der Waals surface area (Å²) in [5.41, 5.74) is 2.01. The Labute approximate surface area is 250 Å². The van der Waals surface area contributed by atoms with Crippen LogP contribution in [-0.4, -0.2) is 44.3 Å². The Morgan fingerprint density at radius 1 is 1.00 bits per heavy atom. The number of nitrogens with zero attached hydrogens (tertiary/aromatic N) is 2. The zero-order valence-corrected chi connectivity index (χ0v) is 26.1. The molecule has 1 N–H and O–H groups in total. The largest absolute Gasteiger partial charge is 0.354 e. The minimum absolute atomic E-state index is 0.0690. The summed E-state index contributed by atoms with van der Waals surface area (Å²) in [6.45, 7) is 5.87. The third kappa shape index (κ3) is 8.32. The SMILES string of the molecule is CCCCNC(=O)[C@H](CC)N(Cc1ccc(Cl)cc1)C(=O)CN(c1cccc(Br)c1)S(=O)(=O)c1ccc(C)cc1. The van der Waals surface area contributed by atoms with E-state index in [0.29, 0.717) is 28.1 Å². The second-order valence-electron chi connectivity index (χ2n) is 9.52. The number of hydrogen-bond acceptors (Lipinski definition) is 4. The third-order valence-corrected chi connectivity index (χ3v) is 9.00. The van der Waals surface area contributed by atoms with Gasteiger partial charge in [-0.15, -0.1) is 0 Å². The zero-order valence-electron chi connectivity index (χ0n) is 22.9. The monoisotopic (exact) mass is 647 g/mol. The van der Waals surface area contributed by atoms with E-state index in [-0.39, 0.29) is 17.3 Å². The van der Waals surface area contributed by atoms with Gasteiger partial charge in [0.1, 0.15) is 12.6 Å². The molecule has 3 rings (SSSR count). The first-order valence-corrected chi connectivity index (χ1v) is 15.8. The van der Waals surface area contributed by atoms with Crippen molar-refractivity contribution in [3.63, 3.8) is 0 Å². The Morgan fingerprint density at radius 2 is 1.68 bits per heavy atom. The number of carbonyl (C=O) groups excluding carboxylic acids is 2. The molecule has 0 heterocycles. The minimum Gasteiger partial charge on any atom is -0.354 e. The van der Waals surface area contributed by atoms with Crippen LogP contribution in [0.5, 0.6) is 0 Å². The summed E-state index contributed by atoms with van der Waals surface area (Å²) in [6.07, 6.45) is 2.10. The van der Waals surface area contributed by atoms with Gasteiger partial charge >= 0.3 is 0 Å². The summed E-state index contributed by atoms with van der Waals surface area (Å²) in [6, 6.07) is 19.5. The summed E-state index contributed by atoms with van der Waals surface area (Å²) < 4.78 is 29.6. The lowest BCUT2D eigenvalue weighted by molar-refractivity contribution is -0.140. The fourth-order valence-corrected chi connectivity index (χ4v) is 6.13. The van der Waals surface area contributed by atoms with Gasteiger partial charge < -0.3 is 10.2 Å². The highest BCUT2D eigenvalue weighted by atomic mass is 79.9. The van der Waals surface area contributed by atoms with Crippen molar-refractivity contribution in [1.29, 1.82) is 0 Å². The number of amides is 2. The van der Waals surface area contributed by atoms with Gasteiger partial charge in [-0.1, -0.05) is 83.7 Å². The van der Waals surface area contributed by atoms with Crippen molar-refractivity contribution in [3.8, 4) is 0 Å². The van der Waals surface area contributed by atoms with Crippen molar-refractivity contribution in [2.45, 2.75) is 57.5 Å². The predicted octanol–water partition coefficient (Wildman–Crippen LogP) is 6.33. The van der Waals surface area contributed by atoms with E-state index in [9.17, 15) is 18.0 Å². The van der Waals surface area contributed by atoms with Crippen molar-refractivity contribution in [2.24, 2.45) is 0 Å². The van der Waals surface area contributed by atoms with Crippen molar-refractivity contribution < 1.29 is 18.0 Å². The van der Waals surface area contributed by atoms with Crippen LogP contribution in [0.15, 0.2) is 82.2 Å². The Bertz CT molecular complexity index is 1400. The molecule has 0 aliphatic rings. The number of aryl methyl sites for hydroxylation is 1. The van der Waals surface area contributed by atoms with Gasteiger partial charge in [-0.25, -0.2) is 8.42 Å². The number of halogens is 2. The van der Waals surface area contributed by atoms with Crippen LogP contribution in [-0.2, 0) is 26.2 Å². The average Bonchev–Trinajstić information content (AvgIpc) is 2.93. The molecular weight excluding hydrogens is 614 g/mol.